The molecule has 1 atom stereocenters. The van der Waals surface area contributed by atoms with Crippen molar-refractivity contribution in [2.24, 2.45) is 0 Å². The summed E-state index contributed by atoms with van der Waals surface area (Å²) in [7, 11) is 1.51. The smallest absolute Gasteiger partial charge is 0.327 e. The van der Waals surface area contributed by atoms with Crippen LogP contribution in [-0.4, -0.2) is 38.2 Å². The number of rotatable bonds is 5. The number of nitrogens with zero attached hydrogens (tertiary/aromatic N) is 4. The van der Waals surface area contributed by atoms with Crippen molar-refractivity contribution in [1.82, 2.24) is 24.6 Å². The van der Waals surface area contributed by atoms with E-state index in [0.717, 1.165) is 15.4 Å². The Morgan fingerprint density at radius 2 is 1.86 bits per heavy atom. The molecule has 0 aliphatic carbocycles. The molecule has 4 rings (SSSR count). The van der Waals surface area contributed by atoms with Gasteiger partial charge >= 0.3 is 11.7 Å². The summed E-state index contributed by atoms with van der Waals surface area (Å²) in [5.74, 6) is -0.932. The van der Waals surface area contributed by atoms with E-state index >= 15 is 0 Å². The normalized spacial score (nSPS) is 15.4. The number of hydrogen-bond donors (Lipinski definition) is 2. The Balaban J connectivity index is 1.69. The van der Waals surface area contributed by atoms with Crippen molar-refractivity contribution in [3.63, 3.8) is 0 Å². The summed E-state index contributed by atoms with van der Waals surface area (Å²) in [6.45, 7) is 3.65. The zero-order valence-electron chi connectivity index (χ0n) is 19.3. The summed E-state index contributed by atoms with van der Waals surface area (Å²) in [5.41, 5.74) is 1.15. The van der Waals surface area contributed by atoms with Crippen molar-refractivity contribution >= 4 is 17.6 Å². The van der Waals surface area contributed by atoms with Crippen LogP contribution < -0.4 is 21.9 Å². The van der Waals surface area contributed by atoms with Gasteiger partial charge in [-0.3, -0.25) is 14.2 Å². The predicted octanol–water partition coefficient (Wildman–Crippen LogP) is 2.08. The molecule has 11 heteroatoms. The molecule has 1 aliphatic rings. The first-order chi connectivity index (χ1) is 16.7. The van der Waals surface area contributed by atoms with Gasteiger partial charge in [-0.2, -0.15) is 9.78 Å². The van der Waals surface area contributed by atoms with Crippen LogP contribution in [0.2, 0.25) is 0 Å². The second-order valence-electron chi connectivity index (χ2n) is 8.00. The molecule has 0 bridgehead atoms. The zero-order chi connectivity index (χ0) is 25.3. The van der Waals surface area contributed by atoms with Gasteiger partial charge in [-0.15, -0.1) is 0 Å². The van der Waals surface area contributed by atoms with E-state index in [1.54, 1.807) is 32.0 Å². The number of carbonyl (C=O) groups excluding carboxylic acids is 2. The molecule has 0 saturated heterocycles. The number of aryl methyl sites for hydroxylation is 1. The van der Waals surface area contributed by atoms with Gasteiger partial charge in [-0.1, -0.05) is 18.2 Å². The van der Waals surface area contributed by atoms with Crippen LogP contribution in [0.1, 0.15) is 24.1 Å². The van der Waals surface area contributed by atoms with Gasteiger partial charge in [0.2, 0.25) is 0 Å². The lowest BCUT2D eigenvalue weighted by molar-refractivity contribution is -0.113. The van der Waals surface area contributed by atoms with Crippen molar-refractivity contribution < 1.29 is 14.0 Å². The number of benzene rings is 2. The Bertz CT molecular complexity index is 1460. The maximum absolute atomic E-state index is 13.4. The number of urea groups is 1. The third-order valence-electron chi connectivity index (χ3n) is 5.69. The van der Waals surface area contributed by atoms with Gasteiger partial charge in [0.15, 0.2) is 0 Å². The van der Waals surface area contributed by atoms with Crippen molar-refractivity contribution in [2.75, 3.05) is 12.4 Å². The van der Waals surface area contributed by atoms with E-state index in [1.807, 2.05) is 0 Å². The minimum Gasteiger partial charge on any atom is -0.327 e. The van der Waals surface area contributed by atoms with Crippen LogP contribution in [0.4, 0.5) is 14.9 Å². The fraction of sp³-hybridized carbons (Fsp3) is 0.208. The number of hydrogen-bond acceptors (Lipinski definition) is 5. The lowest BCUT2D eigenvalue weighted by Crippen LogP contribution is -2.44. The maximum Gasteiger partial charge on any atom is 0.352 e. The first-order valence-corrected chi connectivity index (χ1v) is 10.8. The number of anilines is 1. The summed E-state index contributed by atoms with van der Waals surface area (Å²) in [6.07, 6.45) is 2.48. The van der Waals surface area contributed by atoms with Crippen molar-refractivity contribution in [1.29, 1.82) is 0 Å². The molecule has 10 nitrogen and oxygen atoms in total. The number of carbonyl (C=O) groups is 2. The third kappa shape index (κ3) is 4.60. The van der Waals surface area contributed by atoms with Crippen LogP contribution in [0.5, 0.6) is 0 Å². The Morgan fingerprint density at radius 1 is 1.14 bits per heavy atom. The average Bonchev–Trinajstić information content (AvgIpc) is 2.83. The van der Waals surface area contributed by atoms with Gasteiger partial charge in [-0.25, -0.2) is 14.0 Å². The molecule has 0 unspecified atom stereocenters. The molecule has 180 valence electrons. The van der Waals surface area contributed by atoms with Gasteiger partial charge in [0.1, 0.15) is 12.0 Å². The lowest BCUT2D eigenvalue weighted by atomic mass is 9.97. The number of amides is 3. The van der Waals surface area contributed by atoms with E-state index < -0.39 is 35.0 Å². The van der Waals surface area contributed by atoms with Gasteiger partial charge in [0.05, 0.1) is 17.3 Å². The number of aromatic nitrogens is 3. The average molecular weight is 478 g/mol. The molecule has 0 radical (unpaired) electrons. The van der Waals surface area contributed by atoms with E-state index in [0.29, 0.717) is 22.5 Å². The van der Waals surface area contributed by atoms with Gasteiger partial charge in [0.25, 0.3) is 11.5 Å². The summed E-state index contributed by atoms with van der Waals surface area (Å²) < 4.78 is 15.5. The van der Waals surface area contributed by atoms with Crippen LogP contribution in [0.3, 0.4) is 0 Å². The summed E-state index contributed by atoms with van der Waals surface area (Å²) >= 11 is 0. The molecule has 0 saturated carbocycles. The molecule has 3 amide bonds. The summed E-state index contributed by atoms with van der Waals surface area (Å²) in [6, 6.07) is 9.24. The Labute approximate surface area is 199 Å². The highest BCUT2D eigenvalue weighted by atomic mass is 19.1. The number of nitrogens with one attached hydrogen (secondary N) is 2. The highest BCUT2D eigenvalue weighted by Crippen LogP contribution is 2.28. The van der Waals surface area contributed by atoms with Crippen molar-refractivity contribution in [2.45, 2.75) is 26.4 Å². The SMILES string of the molecule is CCn1c(=O)cnn(-c2ccc(C)c(NC(=O)C3=CN(C)C(=O)N[C@H]3c3ccc(F)cc3)c2)c1=O. The zero-order valence-corrected chi connectivity index (χ0v) is 19.3. The van der Waals surface area contributed by atoms with Gasteiger partial charge < -0.3 is 15.5 Å². The van der Waals surface area contributed by atoms with E-state index in [2.05, 4.69) is 15.7 Å². The molecule has 2 aromatic carbocycles. The van der Waals surface area contributed by atoms with Gasteiger partial charge in [-0.05, 0) is 49.2 Å². The Kier molecular flexibility index (Phi) is 6.32. The Morgan fingerprint density at radius 3 is 2.54 bits per heavy atom. The van der Waals surface area contributed by atoms with Crippen LogP contribution in [0.15, 0.2) is 70.0 Å². The molecule has 2 N–H and O–H groups in total. The fourth-order valence-corrected chi connectivity index (χ4v) is 3.73. The van der Waals surface area contributed by atoms with Crippen LogP contribution in [0.25, 0.3) is 5.69 Å². The lowest BCUT2D eigenvalue weighted by Gasteiger charge is -2.30. The monoisotopic (exact) mass is 478 g/mol. The van der Waals surface area contributed by atoms with Crippen LogP contribution in [0, 0.1) is 12.7 Å². The largest absolute Gasteiger partial charge is 0.352 e. The van der Waals surface area contributed by atoms with Crippen molar-refractivity contribution in [3.8, 4) is 5.69 Å². The minimum atomic E-state index is -0.791. The first-order valence-electron chi connectivity index (χ1n) is 10.8. The first kappa shape index (κ1) is 23.6. The van der Waals surface area contributed by atoms with Crippen LogP contribution >= 0.6 is 0 Å². The molecule has 3 aromatic rings. The number of halogens is 1. The quantitative estimate of drug-likeness (QED) is 0.582. The second kappa shape index (κ2) is 9.37. The van der Waals surface area contributed by atoms with E-state index in [1.165, 1.54) is 42.4 Å². The second-order valence-corrected chi connectivity index (χ2v) is 8.00. The fourth-order valence-electron chi connectivity index (χ4n) is 3.73. The Hall–Kier alpha value is -4.54. The van der Waals surface area contributed by atoms with E-state index in [4.69, 9.17) is 0 Å². The van der Waals surface area contributed by atoms with Crippen molar-refractivity contribution in [3.05, 3.63) is 98.2 Å². The molecule has 0 fully saturated rings. The summed E-state index contributed by atoms with van der Waals surface area (Å²) in [4.78, 5) is 51.4. The van der Waals surface area contributed by atoms with Gasteiger partial charge in [0, 0.05) is 25.5 Å². The molecule has 2 heterocycles. The standard InChI is InChI=1S/C24H23FN6O4/c1-4-30-20(32)12-26-31(24(30)35)17-10-5-14(2)19(11-17)27-22(33)18-13-29(3)23(34)28-21(18)15-6-8-16(25)9-7-15/h5-13,21H,4H2,1-3H3,(H,27,33)(H,28,34)/t21-/m0/s1. The molecule has 35 heavy (non-hydrogen) atoms. The molecular formula is C24H23FN6O4. The topological polar surface area (TPSA) is 118 Å². The highest BCUT2D eigenvalue weighted by Gasteiger charge is 2.30. The minimum absolute atomic E-state index is 0.188. The van der Waals surface area contributed by atoms with E-state index in [-0.39, 0.29) is 12.1 Å². The molecule has 1 aromatic heterocycles. The molecular weight excluding hydrogens is 455 g/mol. The molecule has 0 spiro atoms. The maximum atomic E-state index is 13.4. The third-order valence-corrected chi connectivity index (χ3v) is 5.69. The predicted molar refractivity (Wildman–Crippen MR) is 127 cm³/mol. The highest BCUT2D eigenvalue weighted by molar-refractivity contribution is 6.06. The molecule has 1 aliphatic heterocycles. The van der Waals surface area contributed by atoms with Crippen LogP contribution in [-0.2, 0) is 11.3 Å². The van der Waals surface area contributed by atoms with E-state index in [9.17, 15) is 23.6 Å². The summed E-state index contributed by atoms with van der Waals surface area (Å²) in [5, 5.41) is 9.50.